The number of nitrogens with zero attached hydrogens (tertiary/aromatic N) is 4. The van der Waals surface area contributed by atoms with E-state index in [1.807, 2.05) is 13.1 Å². The molecule has 1 saturated heterocycles. The predicted octanol–water partition coefficient (Wildman–Crippen LogP) is 0.706. The van der Waals surface area contributed by atoms with E-state index in [0.29, 0.717) is 6.04 Å². The molecular weight excluding hydrogens is 250 g/mol. The molecule has 0 aromatic heterocycles. The summed E-state index contributed by atoms with van der Waals surface area (Å²) in [6.07, 6.45) is 4.14. The highest BCUT2D eigenvalue weighted by molar-refractivity contribution is 5.79. The number of aliphatic imine (C=N–C) groups is 1. The molecule has 1 N–H and O–H groups in total. The molecule has 5 nitrogen and oxygen atoms in total. The highest BCUT2D eigenvalue weighted by Crippen LogP contribution is 2.05. The van der Waals surface area contributed by atoms with E-state index in [9.17, 15) is 0 Å². The normalized spacial score (nSPS) is 21.8. The van der Waals surface area contributed by atoms with Gasteiger partial charge in [0, 0.05) is 52.9 Å². The molecule has 116 valence electrons. The first-order chi connectivity index (χ1) is 9.58. The van der Waals surface area contributed by atoms with Gasteiger partial charge >= 0.3 is 0 Å². The van der Waals surface area contributed by atoms with Crippen molar-refractivity contribution in [2.45, 2.75) is 18.9 Å². The lowest BCUT2D eigenvalue weighted by Gasteiger charge is -2.38. The fraction of sp³-hybridized carbons (Fsp3) is 0.800. The maximum Gasteiger partial charge on any atom is 0.193 e. The van der Waals surface area contributed by atoms with Gasteiger partial charge in [-0.2, -0.15) is 0 Å². The van der Waals surface area contributed by atoms with Gasteiger partial charge in [0.25, 0.3) is 0 Å². The highest BCUT2D eigenvalue weighted by atomic mass is 15.3. The summed E-state index contributed by atoms with van der Waals surface area (Å²) in [7, 11) is 8.34. The van der Waals surface area contributed by atoms with Crippen LogP contribution in [0, 0.1) is 0 Å². The summed E-state index contributed by atoms with van der Waals surface area (Å²) < 4.78 is 0. The Morgan fingerprint density at radius 2 is 2.20 bits per heavy atom. The van der Waals surface area contributed by atoms with Crippen LogP contribution in [0.4, 0.5) is 0 Å². The van der Waals surface area contributed by atoms with E-state index < -0.39 is 0 Å². The fourth-order valence-electron chi connectivity index (χ4n) is 2.49. The van der Waals surface area contributed by atoms with Crippen LogP contribution in [0.5, 0.6) is 0 Å². The molecule has 0 spiro atoms. The summed E-state index contributed by atoms with van der Waals surface area (Å²) in [4.78, 5) is 11.4. The second kappa shape index (κ2) is 8.97. The minimum absolute atomic E-state index is 0.548. The van der Waals surface area contributed by atoms with Crippen LogP contribution in [0.1, 0.15) is 12.8 Å². The molecule has 1 heterocycles. The largest absolute Gasteiger partial charge is 0.355 e. The first-order valence-corrected chi connectivity index (χ1v) is 7.50. The lowest BCUT2D eigenvalue weighted by Crippen LogP contribution is -2.55. The Hall–Kier alpha value is -1.07. The average molecular weight is 281 g/mol. The van der Waals surface area contributed by atoms with Crippen molar-refractivity contribution < 1.29 is 0 Å². The van der Waals surface area contributed by atoms with Gasteiger partial charge in [0.1, 0.15) is 0 Å². The van der Waals surface area contributed by atoms with Crippen LogP contribution in [0.3, 0.4) is 0 Å². The minimum Gasteiger partial charge on any atom is -0.355 e. The number of hydrogen-bond acceptors (Lipinski definition) is 3. The Balaban J connectivity index is 2.38. The molecule has 1 aliphatic heterocycles. The number of hydrogen-bond donors (Lipinski definition) is 1. The first-order valence-electron chi connectivity index (χ1n) is 7.50. The monoisotopic (exact) mass is 281 g/mol. The van der Waals surface area contributed by atoms with Crippen molar-refractivity contribution in [2.75, 3.05) is 60.9 Å². The molecule has 0 aromatic rings. The Labute approximate surface area is 124 Å². The van der Waals surface area contributed by atoms with E-state index >= 15 is 0 Å². The van der Waals surface area contributed by atoms with E-state index in [0.717, 1.165) is 51.5 Å². The van der Waals surface area contributed by atoms with Crippen LogP contribution >= 0.6 is 0 Å². The quantitative estimate of drug-likeness (QED) is 0.336. The van der Waals surface area contributed by atoms with Gasteiger partial charge < -0.3 is 15.1 Å². The van der Waals surface area contributed by atoms with Crippen molar-refractivity contribution in [2.24, 2.45) is 4.99 Å². The molecule has 1 rings (SSSR count). The van der Waals surface area contributed by atoms with Gasteiger partial charge in [-0.3, -0.25) is 9.89 Å². The van der Waals surface area contributed by atoms with E-state index in [1.165, 1.54) is 0 Å². The molecule has 0 radical (unpaired) electrons. The van der Waals surface area contributed by atoms with E-state index in [2.05, 4.69) is 52.7 Å². The zero-order chi connectivity index (χ0) is 15.0. The maximum absolute atomic E-state index is 4.37. The first kappa shape index (κ1) is 17.0. The lowest BCUT2D eigenvalue weighted by atomic mass is 10.2. The topological polar surface area (TPSA) is 34.1 Å². The fourth-order valence-corrected chi connectivity index (χ4v) is 2.49. The average Bonchev–Trinajstić information content (AvgIpc) is 2.43. The number of guanidine groups is 1. The molecular formula is C15H31N5. The van der Waals surface area contributed by atoms with Gasteiger partial charge in [-0.1, -0.05) is 6.08 Å². The smallest absolute Gasteiger partial charge is 0.193 e. The second-order valence-corrected chi connectivity index (χ2v) is 5.68. The number of unbranched alkanes of at least 4 members (excludes halogenated alkanes) is 1. The molecule has 1 fully saturated rings. The van der Waals surface area contributed by atoms with Crippen molar-refractivity contribution in [3.8, 4) is 0 Å². The molecule has 0 bridgehead atoms. The molecule has 0 aliphatic carbocycles. The predicted molar refractivity (Wildman–Crippen MR) is 87.3 cm³/mol. The van der Waals surface area contributed by atoms with Crippen LogP contribution in [-0.2, 0) is 0 Å². The Kier molecular flexibility index (Phi) is 7.62. The van der Waals surface area contributed by atoms with Gasteiger partial charge in [-0.25, -0.2) is 0 Å². The standard InChI is InChI=1S/C15H31N5/c1-6-7-8-9-20(5)15(16-2)17-12-14-13-18(3)10-11-19(14)4/h6,14H,1,7-13H2,2-5H3,(H,16,17). The molecule has 5 heteroatoms. The summed E-state index contributed by atoms with van der Waals surface area (Å²) >= 11 is 0. The van der Waals surface area contributed by atoms with Crippen molar-refractivity contribution in [3.63, 3.8) is 0 Å². The van der Waals surface area contributed by atoms with Crippen LogP contribution in [0.2, 0.25) is 0 Å². The van der Waals surface area contributed by atoms with Gasteiger partial charge in [0.05, 0.1) is 0 Å². The minimum atomic E-state index is 0.548. The number of likely N-dealkylation sites (N-methyl/N-ethyl adjacent to an activating group) is 2. The van der Waals surface area contributed by atoms with Crippen molar-refractivity contribution >= 4 is 5.96 Å². The van der Waals surface area contributed by atoms with Gasteiger partial charge in [0.2, 0.25) is 0 Å². The molecule has 1 atom stereocenters. The zero-order valence-corrected chi connectivity index (χ0v) is 13.6. The maximum atomic E-state index is 4.37. The third-order valence-corrected chi connectivity index (χ3v) is 3.95. The Bertz CT molecular complexity index is 315. The summed E-state index contributed by atoms with van der Waals surface area (Å²) in [5.41, 5.74) is 0. The van der Waals surface area contributed by atoms with Crippen molar-refractivity contribution in [1.29, 1.82) is 0 Å². The molecule has 0 amide bonds. The van der Waals surface area contributed by atoms with Crippen LogP contribution in [0.25, 0.3) is 0 Å². The number of allylic oxidation sites excluding steroid dienone is 1. The van der Waals surface area contributed by atoms with Crippen molar-refractivity contribution in [1.82, 2.24) is 20.0 Å². The Morgan fingerprint density at radius 3 is 2.85 bits per heavy atom. The number of piperazine rings is 1. The second-order valence-electron chi connectivity index (χ2n) is 5.68. The molecule has 0 aromatic carbocycles. The molecule has 20 heavy (non-hydrogen) atoms. The molecule has 0 saturated carbocycles. The third-order valence-electron chi connectivity index (χ3n) is 3.95. The van der Waals surface area contributed by atoms with Gasteiger partial charge in [-0.15, -0.1) is 6.58 Å². The highest BCUT2D eigenvalue weighted by Gasteiger charge is 2.22. The van der Waals surface area contributed by atoms with E-state index in [-0.39, 0.29) is 0 Å². The summed E-state index contributed by atoms with van der Waals surface area (Å²) in [5, 5.41) is 3.50. The van der Waals surface area contributed by atoms with Gasteiger partial charge in [0.15, 0.2) is 5.96 Å². The van der Waals surface area contributed by atoms with Crippen molar-refractivity contribution in [3.05, 3.63) is 12.7 Å². The third kappa shape index (κ3) is 5.51. The molecule has 1 unspecified atom stereocenters. The SMILES string of the molecule is C=CCCCN(C)C(=NC)NCC1CN(C)CCN1C. The molecule has 1 aliphatic rings. The summed E-state index contributed by atoms with van der Waals surface area (Å²) in [5.74, 6) is 0.982. The van der Waals surface area contributed by atoms with E-state index in [4.69, 9.17) is 0 Å². The van der Waals surface area contributed by atoms with Gasteiger partial charge in [-0.05, 0) is 26.9 Å². The zero-order valence-electron chi connectivity index (χ0n) is 13.6. The van der Waals surface area contributed by atoms with Crippen LogP contribution in [-0.4, -0.2) is 87.6 Å². The van der Waals surface area contributed by atoms with Crippen LogP contribution < -0.4 is 5.32 Å². The van der Waals surface area contributed by atoms with E-state index in [1.54, 1.807) is 0 Å². The summed E-state index contributed by atoms with van der Waals surface area (Å²) in [6.45, 7) is 9.11. The Morgan fingerprint density at radius 1 is 1.45 bits per heavy atom. The van der Waals surface area contributed by atoms with Crippen LogP contribution in [0.15, 0.2) is 17.6 Å². The number of nitrogens with one attached hydrogen (secondary N) is 1. The number of rotatable bonds is 6. The lowest BCUT2D eigenvalue weighted by molar-refractivity contribution is 0.116. The summed E-state index contributed by atoms with van der Waals surface area (Å²) in [6, 6.07) is 0.548.